The summed E-state index contributed by atoms with van der Waals surface area (Å²) in [5.74, 6) is 0.0894. The number of benzene rings is 1. The number of nitrogens with two attached hydrogens (primary N) is 1. The number of hydrogen-bond donors (Lipinski definition) is 2. The van der Waals surface area contributed by atoms with Crippen LogP contribution in [0.4, 0.5) is 10.1 Å². The largest absolute Gasteiger partial charge is 0.384 e. The number of nitrogens with one attached hydrogen (secondary N) is 1. The third-order valence-electron chi connectivity index (χ3n) is 2.28. The Morgan fingerprint density at radius 1 is 1.31 bits per heavy atom. The first kappa shape index (κ1) is 14.9. The van der Waals surface area contributed by atoms with Crippen LogP contribution >= 0.6 is 0 Å². The zero-order valence-electron chi connectivity index (χ0n) is 10.7. The first-order valence-corrected chi connectivity index (χ1v) is 6.04. The lowest BCUT2D eigenvalue weighted by molar-refractivity contribution is 0.623. The highest BCUT2D eigenvalue weighted by Gasteiger charge is 2.20. The summed E-state index contributed by atoms with van der Waals surface area (Å²) in [6.07, 6.45) is 0. The lowest BCUT2D eigenvalue weighted by Gasteiger charge is -2.04. The SMILES string of the molecule is CC.CC.NCC1CNc2ccc(F)cc21. The van der Waals surface area contributed by atoms with Crippen LogP contribution in [0.2, 0.25) is 0 Å². The van der Waals surface area contributed by atoms with Crippen molar-refractivity contribution in [1.29, 1.82) is 0 Å². The average molecular weight is 226 g/mol. The molecule has 3 heteroatoms. The van der Waals surface area contributed by atoms with Gasteiger partial charge < -0.3 is 11.1 Å². The van der Waals surface area contributed by atoms with E-state index in [1.54, 1.807) is 12.1 Å². The molecule has 0 saturated heterocycles. The molecule has 0 aliphatic carbocycles. The van der Waals surface area contributed by atoms with Crippen molar-refractivity contribution >= 4 is 5.69 Å². The standard InChI is InChI=1S/C9H11FN2.2C2H6/c10-7-1-2-9-8(3-7)6(4-11)5-12-9;2*1-2/h1-3,6,12H,4-5,11H2;2*1-2H3. The summed E-state index contributed by atoms with van der Waals surface area (Å²) in [6.45, 7) is 9.40. The Hall–Kier alpha value is -1.09. The first-order chi connectivity index (χ1) is 7.81. The monoisotopic (exact) mass is 226 g/mol. The van der Waals surface area contributed by atoms with Gasteiger partial charge in [-0.15, -0.1) is 0 Å². The van der Waals surface area contributed by atoms with Gasteiger partial charge >= 0.3 is 0 Å². The minimum Gasteiger partial charge on any atom is -0.384 e. The van der Waals surface area contributed by atoms with Gasteiger partial charge in [-0.3, -0.25) is 0 Å². The van der Waals surface area contributed by atoms with Crippen LogP contribution in [0.5, 0.6) is 0 Å². The van der Waals surface area contributed by atoms with Crippen molar-refractivity contribution in [3.05, 3.63) is 29.6 Å². The van der Waals surface area contributed by atoms with E-state index < -0.39 is 0 Å². The van der Waals surface area contributed by atoms with Crippen LogP contribution in [-0.4, -0.2) is 13.1 Å². The normalized spacial score (nSPS) is 16.0. The van der Waals surface area contributed by atoms with E-state index in [4.69, 9.17) is 5.73 Å². The van der Waals surface area contributed by atoms with Crippen molar-refractivity contribution in [2.75, 3.05) is 18.4 Å². The van der Waals surface area contributed by atoms with Gasteiger partial charge in [0.2, 0.25) is 0 Å². The van der Waals surface area contributed by atoms with E-state index in [1.807, 2.05) is 27.7 Å². The molecule has 1 heterocycles. The van der Waals surface area contributed by atoms with Gasteiger partial charge in [0, 0.05) is 24.7 Å². The maximum absolute atomic E-state index is 12.8. The van der Waals surface area contributed by atoms with Gasteiger partial charge in [0.25, 0.3) is 0 Å². The Labute approximate surface area is 98.0 Å². The predicted molar refractivity (Wildman–Crippen MR) is 69.4 cm³/mol. The minimum atomic E-state index is -0.184. The van der Waals surface area contributed by atoms with E-state index in [0.717, 1.165) is 17.8 Å². The van der Waals surface area contributed by atoms with E-state index in [1.165, 1.54) is 6.07 Å². The van der Waals surface area contributed by atoms with Gasteiger partial charge in [-0.1, -0.05) is 27.7 Å². The second-order valence-corrected chi connectivity index (χ2v) is 3.05. The topological polar surface area (TPSA) is 38.0 Å². The Kier molecular flexibility index (Phi) is 7.56. The van der Waals surface area contributed by atoms with Gasteiger partial charge in [0.05, 0.1) is 0 Å². The highest BCUT2D eigenvalue weighted by atomic mass is 19.1. The highest BCUT2D eigenvalue weighted by Crippen LogP contribution is 2.30. The van der Waals surface area contributed by atoms with E-state index in [0.29, 0.717) is 6.54 Å². The maximum atomic E-state index is 12.8. The number of halogens is 1. The second kappa shape index (κ2) is 8.11. The van der Waals surface area contributed by atoms with Gasteiger partial charge in [0.15, 0.2) is 0 Å². The average Bonchev–Trinajstić information content (AvgIpc) is 2.76. The molecule has 1 atom stereocenters. The Morgan fingerprint density at radius 3 is 2.50 bits per heavy atom. The Morgan fingerprint density at radius 2 is 1.94 bits per heavy atom. The molecule has 0 aromatic heterocycles. The molecule has 3 N–H and O–H groups in total. The fourth-order valence-electron chi connectivity index (χ4n) is 1.59. The maximum Gasteiger partial charge on any atom is 0.123 e. The molecule has 1 aliphatic rings. The van der Waals surface area contributed by atoms with E-state index in [-0.39, 0.29) is 11.7 Å². The summed E-state index contributed by atoms with van der Waals surface area (Å²) in [5, 5.41) is 3.18. The van der Waals surface area contributed by atoms with Crippen molar-refractivity contribution in [2.45, 2.75) is 33.6 Å². The molecule has 0 amide bonds. The van der Waals surface area contributed by atoms with Crippen molar-refractivity contribution in [3.8, 4) is 0 Å². The Balaban J connectivity index is 0.000000509. The summed E-state index contributed by atoms with van der Waals surface area (Å²) in [4.78, 5) is 0. The van der Waals surface area contributed by atoms with Crippen molar-refractivity contribution in [2.24, 2.45) is 5.73 Å². The quantitative estimate of drug-likeness (QED) is 0.770. The van der Waals surface area contributed by atoms with E-state index in [2.05, 4.69) is 5.32 Å². The minimum absolute atomic E-state index is 0.184. The van der Waals surface area contributed by atoms with E-state index in [9.17, 15) is 4.39 Å². The Bertz CT molecular complexity index is 300. The number of hydrogen-bond acceptors (Lipinski definition) is 2. The number of rotatable bonds is 1. The molecule has 0 fully saturated rings. The van der Waals surface area contributed by atoms with Gasteiger partial charge in [-0.05, 0) is 23.8 Å². The third kappa shape index (κ3) is 3.49. The number of anilines is 1. The molecule has 1 unspecified atom stereocenters. The molecule has 92 valence electrons. The lowest BCUT2D eigenvalue weighted by atomic mass is 10.0. The van der Waals surface area contributed by atoms with Gasteiger partial charge in [-0.25, -0.2) is 4.39 Å². The highest BCUT2D eigenvalue weighted by molar-refractivity contribution is 5.57. The van der Waals surface area contributed by atoms with Crippen molar-refractivity contribution in [3.63, 3.8) is 0 Å². The number of fused-ring (bicyclic) bond motifs is 1. The molecule has 0 saturated carbocycles. The van der Waals surface area contributed by atoms with Crippen LogP contribution in [0.3, 0.4) is 0 Å². The molecule has 16 heavy (non-hydrogen) atoms. The fraction of sp³-hybridized carbons (Fsp3) is 0.538. The van der Waals surface area contributed by atoms with Crippen LogP contribution in [0.15, 0.2) is 18.2 Å². The molecule has 1 aromatic carbocycles. The van der Waals surface area contributed by atoms with Crippen LogP contribution < -0.4 is 11.1 Å². The fourth-order valence-corrected chi connectivity index (χ4v) is 1.59. The summed E-state index contributed by atoms with van der Waals surface area (Å²) in [5.41, 5.74) is 7.57. The second-order valence-electron chi connectivity index (χ2n) is 3.05. The molecule has 2 rings (SSSR count). The van der Waals surface area contributed by atoms with Crippen LogP contribution in [-0.2, 0) is 0 Å². The molecular weight excluding hydrogens is 203 g/mol. The lowest BCUT2D eigenvalue weighted by Crippen LogP contribution is -2.13. The molecule has 0 radical (unpaired) electrons. The molecule has 0 bridgehead atoms. The van der Waals surface area contributed by atoms with Gasteiger partial charge in [-0.2, -0.15) is 0 Å². The molecular formula is C13H23FN2. The van der Waals surface area contributed by atoms with Crippen LogP contribution in [0.25, 0.3) is 0 Å². The molecule has 1 aromatic rings. The summed E-state index contributed by atoms with van der Waals surface area (Å²) in [7, 11) is 0. The van der Waals surface area contributed by atoms with E-state index >= 15 is 0 Å². The summed E-state index contributed by atoms with van der Waals surface area (Å²) in [6, 6.07) is 4.79. The smallest absolute Gasteiger partial charge is 0.123 e. The zero-order chi connectivity index (χ0) is 12.6. The predicted octanol–water partition coefficient (Wildman–Crippen LogP) is 3.35. The third-order valence-corrected chi connectivity index (χ3v) is 2.28. The summed E-state index contributed by atoms with van der Waals surface area (Å²) >= 11 is 0. The van der Waals surface area contributed by atoms with Crippen LogP contribution in [0.1, 0.15) is 39.2 Å². The molecule has 0 spiro atoms. The molecule has 1 aliphatic heterocycles. The van der Waals surface area contributed by atoms with Gasteiger partial charge in [0.1, 0.15) is 5.82 Å². The first-order valence-electron chi connectivity index (χ1n) is 6.04. The van der Waals surface area contributed by atoms with Crippen molar-refractivity contribution < 1.29 is 4.39 Å². The summed E-state index contributed by atoms with van der Waals surface area (Å²) < 4.78 is 12.8. The molecule has 2 nitrogen and oxygen atoms in total. The zero-order valence-corrected chi connectivity index (χ0v) is 10.7. The van der Waals surface area contributed by atoms with Crippen LogP contribution in [0, 0.1) is 5.82 Å². The van der Waals surface area contributed by atoms with Crippen molar-refractivity contribution in [1.82, 2.24) is 0 Å².